The summed E-state index contributed by atoms with van der Waals surface area (Å²) in [5.41, 5.74) is 0. The fraction of sp³-hybridized carbons (Fsp3) is 1.00. The first-order valence-electron chi connectivity index (χ1n) is 5.97. The van der Waals surface area contributed by atoms with E-state index < -0.39 is 61.8 Å². The second-order valence-corrected chi connectivity index (χ2v) is 4.96. The van der Waals surface area contributed by atoms with Gasteiger partial charge in [-0.1, -0.05) is 0 Å². The summed E-state index contributed by atoms with van der Waals surface area (Å²) in [4.78, 5) is 0. The normalized spacial score (nSPS) is 28.4. The Kier molecular flexibility index (Phi) is 4.30. The van der Waals surface area contributed by atoms with E-state index in [2.05, 4.69) is 14.2 Å². The summed E-state index contributed by atoms with van der Waals surface area (Å²) in [5, 5.41) is 0. The van der Waals surface area contributed by atoms with Crippen molar-refractivity contribution in [2.75, 3.05) is 13.2 Å². The van der Waals surface area contributed by atoms with E-state index in [0.717, 1.165) is 0 Å². The molecule has 0 aliphatic carbocycles. The molecule has 2 rings (SSSR count). The van der Waals surface area contributed by atoms with Gasteiger partial charge in [-0.15, -0.1) is 0 Å². The van der Waals surface area contributed by atoms with Gasteiger partial charge in [-0.05, 0) is 0 Å². The fourth-order valence-corrected chi connectivity index (χ4v) is 1.75. The predicted octanol–water partition coefficient (Wildman–Crippen LogP) is 2.93. The Morgan fingerprint density at radius 2 is 0.913 bits per heavy atom. The minimum atomic E-state index is -6.22. The Balaban J connectivity index is 2.27. The minimum absolute atomic E-state index is 0.688. The highest BCUT2D eigenvalue weighted by atomic mass is 19.4. The number of epoxide rings is 2. The number of hydrogen-bond acceptors (Lipinski definition) is 3. The SMILES string of the molecule is FC(F)(F)C(F)(F)C(OC(C1CO1)C(F)(F)C(F)(F)F)C1CO1. The number of alkyl halides is 10. The van der Waals surface area contributed by atoms with E-state index in [9.17, 15) is 43.9 Å². The quantitative estimate of drug-likeness (QED) is 0.536. The van der Waals surface area contributed by atoms with Crippen molar-refractivity contribution in [3.8, 4) is 0 Å². The molecule has 0 spiro atoms. The molecule has 0 saturated carbocycles. The first-order valence-corrected chi connectivity index (χ1v) is 5.97. The summed E-state index contributed by atoms with van der Waals surface area (Å²) < 4.78 is 140. The highest BCUT2D eigenvalue weighted by Crippen LogP contribution is 2.48. The Morgan fingerprint density at radius 1 is 0.652 bits per heavy atom. The summed E-state index contributed by atoms with van der Waals surface area (Å²) >= 11 is 0. The molecule has 2 aliphatic heterocycles. The van der Waals surface area contributed by atoms with Crippen LogP contribution in [-0.2, 0) is 14.2 Å². The third-order valence-electron chi connectivity index (χ3n) is 3.16. The van der Waals surface area contributed by atoms with Crippen molar-refractivity contribution in [1.82, 2.24) is 0 Å². The van der Waals surface area contributed by atoms with Gasteiger partial charge < -0.3 is 14.2 Å². The molecule has 2 aliphatic rings. The van der Waals surface area contributed by atoms with Crippen LogP contribution in [0.5, 0.6) is 0 Å². The lowest BCUT2D eigenvalue weighted by Crippen LogP contribution is -2.58. The molecular formula is C10H8F10O3. The van der Waals surface area contributed by atoms with Crippen molar-refractivity contribution in [1.29, 1.82) is 0 Å². The van der Waals surface area contributed by atoms with Crippen LogP contribution in [0.25, 0.3) is 0 Å². The molecule has 0 radical (unpaired) electrons. The summed E-state index contributed by atoms with van der Waals surface area (Å²) in [6, 6.07) is 0. The molecule has 3 nitrogen and oxygen atoms in total. The average molecular weight is 366 g/mol. The molecule has 136 valence electrons. The van der Waals surface area contributed by atoms with E-state index in [1.54, 1.807) is 0 Å². The Morgan fingerprint density at radius 3 is 1.09 bits per heavy atom. The molecule has 2 fully saturated rings. The molecule has 0 amide bonds. The molecule has 0 aromatic carbocycles. The van der Waals surface area contributed by atoms with Gasteiger partial charge in [0.1, 0.15) is 12.2 Å². The molecular weight excluding hydrogens is 358 g/mol. The maximum atomic E-state index is 13.3. The van der Waals surface area contributed by atoms with Gasteiger partial charge in [0.05, 0.1) is 13.2 Å². The summed E-state index contributed by atoms with van der Waals surface area (Å²) in [7, 11) is 0. The van der Waals surface area contributed by atoms with Crippen LogP contribution >= 0.6 is 0 Å². The summed E-state index contributed by atoms with van der Waals surface area (Å²) in [5.74, 6) is -11.4. The van der Waals surface area contributed by atoms with Gasteiger partial charge >= 0.3 is 24.2 Å². The van der Waals surface area contributed by atoms with E-state index in [4.69, 9.17) is 0 Å². The van der Waals surface area contributed by atoms with E-state index in [-0.39, 0.29) is 0 Å². The molecule has 4 atom stereocenters. The zero-order valence-corrected chi connectivity index (χ0v) is 10.7. The molecule has 0 aromatic rings. The highest BCUT2D eigenvalue weighted by molar-refractivity contribution is 5.01. The van der Waals surface area contributed by atoms with Gasteiger partial charge in [0.15, 0.2) is 12.2 Å². The molecule has 0 N–H and O–H groups in total. The maximum Gasteiger partial charge on any atom is 0.456 e. The third kappa shape index (κ3) is 3.50. The molecule has 4 unspecified atom stereocenters. The number of halogens is 10. The van der Waals surface area contributed by atoms with Crippen molar-refractivity contribution < 1.29 is 58.1 Å². The van der Waals surface area contributed by atoms with Crippen LogP contribution in [0.2, 0.25) is 0 Å². The zero-order chi connectivity index (χ0) is 17.8. The summed E-state index contributed by atoms with van der Waals surface area (Å²) in [6.07, 6.45) is -23.0. The Hall–Kier alpha value is -0.820. The van der Waals surface area contributed by atoms with Crippen LogP contribution < -0.4 is 0 Å². The molecule has 23 heavy (non-hydrogen) atoms. The number of rotatable bonds is 6. The third-order valence-corrected chi connectivity index (χ3v) is 3.16. The zero-order valence-electron chi connectivity index (χ0n) is 10.7. The number of ether oxygens (including phenoxy) is 3. The molecule has 13 heteroatoms. The molecule has 0 bridgehead atoms. The molecule has 0 aromatic heterocycles. The Labute approximate surface area is 121 Å². The fourth-order valence-electron chi connectivity index (χ4n) is 1.75. The lowest BCUT2D eigenvalue weighted by atomic mass is 10.1. The first kappa shape index (κ1) is 18.5. The first-order chi connectivity index (χ1) is 10.2. The van der Waals surface area contributed by atoms with Crippen LogP contribution in [0.3, 0.4) is 0 Å². The second kappa shape index (κ2) is 5.34. The standard InChI is InChI=1S/C10H8F10O3/c11-7(12,9(15,16)17)5(3-1-21-3)23-6(4-2-22-4)8(13,14)10(18,19)20/h3-6H,1-2H2. The van der Waals surface area contributed by atoms with Gasteiger partial charge in [0, 0.05) is 0 Å². The van der Waals surface area contributed by atoms with Gasteiger partial charge in [0.25, 0.3) is 0 Å². The van der Waals surface area contributed by atoms with Gasteiger partial charge in [-0.3, -0.25) is 0 Å². The van der Waals surface area contributed by atoms with E-state index in [1.165, 1.54) is 0 Å². The lowest BCUT2D eigenvalue weighted by molar-refractivity contribution is -0.360. The summed E-state index contributed by atoms with van der Waals surface area (Å²) in [6.45, 7) is -1.38. The monoisotopic (exact) mass is 366 g/mol. The van der Waals surface area contributed by atoms with Crippen LogP contribution in [0, 0.1) is 0 Å². The van der Waals surface area contributed by atoms with Crippen molar-refractivity contribution >= 4 is 0 Å². The average Bonchev–Trinajstić information content (AvgIpc) is 3.20. The highest BCUT2D eigenvalue weighted by Gasteiger charge is 2.72. The van der Waals surface area contributed by atoms with Crippen molar-refractivity contribution in [2.45, 2.75) is 48.6 Å². The number of hydrogen-bond donors (Lipinski definition) is 0. The van der Waals surface area contributed by atoms with Gasteiger partial charge in [0.2, 0.25) is 0 Å². The van der Waals surface area contributed by atoms with Crippen molar-refractivity contribution in [3.63, 3.8) is 0 Å². The van der Waals surface area contributed by atoms with E-state index in [0.29, 0.717) is 0 Å². The smallest absolute Gasteiger partial charge is 0.370 e. The van der Waals surface area contributed by atoms with Crippen LogP contribution in [0.1, 0.15) is 0 Å². The minimum Gasteiger partial charge on any atom is -0.370 e. The van der Waals surface area contributed by atoms with E-state index in [1.807, 2.05) is 0 Å². The molecule has 2 heterocycles. The second-order valence-electron chi connectivity index (χ2n) is 4.96. The van der Waals surface area contributed by atoms with Gasteiger partial charge in [-0.2, -0.15) is 43.9 Å². The predicted molar refractivity (Wildman–Crippen MR) is 50.1 cm³/mol. The van der Waals surface area contributed by atoms with Crippen LogP contribution in [0.4, 0.5) is 43.9 Å². The topological polar surface area (TPSA) is 34.3 Å². The maximum absolute atomic E-state index is 13.3. The Bertz CT molecular complexity index is 397. The van der Waals surface area contributed by atoms with E-state index >= 15 is 0 Å². The van der Waals surface area contributed by atoms with Crippen LogP contribution in [0.15, 0.2) is 0 Å². The lowest BCUT2D eigenvalue weighted by Gasteiger charge is -2.34. The van der Waals surface area contributed by atoms with Crippen molar-refractivity contribution in [3.05, 3.63) is 0 Å². The van der Waals surface area contributed by atoms with Crippen LogP contribution in [-0.4, -0.2) is 61.8 Å². The van der Waals surface area contributed by atoms with Gasteiger partial charge in [-0.25, -0.2) is 0 Å². The molecule has 2 saturated heterocycles. The van der Waals surface area contributed by atoms with Crippen molar-refractivity contribution in [2.24, 2.45) is 0 Å². The largest absolute Gasteiger partial charge is 0.456 e.